The monoisotopic (exact) mass is 267 g/mol. The molecule has 0 aliphatic rings. The number of hydrogen-bond donors (Lipinski definition) is 3. The summed E-state index contributed by atoms with van der Waals surface area (Å²) in [6.07, 6.45) is 0.698. The number of hydrogen-bond acceptors (Lipinski definition) is 5. The fourth-order valence-electron chi connectivity index (χ4n) is 1.79. The zero-order valence-electron chi connectivity index (χ0n) is 10.5. The number of thiophene rings is 1. The Bertz CT molecular complexity index is 603. The SMILES string of the molecule is Cc1sc2nc(CNCCCO)[nH]c(=O)c2c1C. The normalized spacial score (nSPS) is 11.3. The third kappa shape index (κ3) is 2.60. The van der Waals surface area contributed by atoms with E-state index in [2.05, 4.69) is 15.3 Å². The minimum absolute atomic E-state index is 0.0687. The lowest BCUT2D eigenvalue weighted by molar-refractivity contribution is 0.286. The van der Waals surface area contributed by atoms with Crippen LogP contribution in [0.25, 0.3) is 10.2 Å². The molecular weight excluding hydrogens is 250 g/mol. The number of rotatable bonds is 5. The molecule has 0 fully saturated rings. The van der Waals surface area contributed by atoms with Crippen molar-refractivity contribution in [3.63, 3.8) is 0 Å². The van der Waals surface area contributed by atoms with E-state index >= 15 is 0 Å². The number of fused-ring (bicyclic) bond motifs is 1. The third-order valence-corrected chi connectivity index (χ3v) is 3.99. The highest BCUT2D eigenvalue weighted by Gasteiger charge is 2.11. The first-order valence-electron chi connectivity index (χ1n) is 5.94. The molecule has 18 heavy (non-hydrogen) atoms. The van der Waals surface area contributed by atoms with E-state index in [0.717, 1.165) is 15.3 Å². The van der Waals surface area contributed by atoms with Crippen LogP contribution in [-0.4, -0.2) is 28.2 Å². The Morgan fingerprint density at radius 1 is 1.44 bits per heavy atom. The predicted molar refractivity (Wildman–Crippen MR) is 73.1 cm³/mol. The van der Waals surface area contributed by atoms with Crippen molar-refractivity contribution in [1.82, 2.24) is 15.3 Å². The third-order valence-electron chi connectivity index (χ3n) is 2.89. The van der Waals surface area contributed by atoms with Gasteiger partial charge < -0.3 is 15.4 Å². The highest BCUT2D eigenvalue weighted by Crippen LogP contribution is 2.25. The minimum atomic E-state index is -0.0687. The van der Waals surface area contributed by atoms with Crippen molar-refractivity contribution in [3.8, 4) is 0 Å². The lowest BCUT2D eigenvalue weighted by Gasteiger charge is -2.03. The van der Waals surface area contributed by atoms with Gasteiger partial charge in [0.15, 0.2) is 0 Å². The number of nitrogens with zero attached hydrogens (tertiary/aromatic N) is 1. The van der Waals surface area contributed by atoms with Crippen molar-refractivity contribution in [2.75, 3.05) is 13.2 Å². The van der Waals surface area contributed by atoms with Gasteiger partial charge in [-0.3, -0.25) is 4.79 Å². The molecule has 2 heterocycles. The number of aromatic nitrogens is 2. The van der Waals surface area contributed by atoms with Gasteiger partial charge in [-0.25, -0.2) is 4.98 Å². The first-order chi connectivity index (χ1) is 8.63. The average molecular weight is 267 g/mol. The molecule has 5 nitrogen and oxygen atoms in total. The first-order valence-corrected chi connectivity index (χ1v) is 6.75. The summed E-state index contributed by atoms with van der Waals surface area (Å²) in [5, 5.41) is 12.5. The number of aromatic amines is 1. The number of aryl methyl sites for hydroxylation is 2. The zero-order chi connectivity index (χ0) is 13.1. The molecule has 6 heteroatoms. The maximum Gasteiger partial charge on any atom is 0.259 e. The van der Waals surface area contributed by atoms with E-state index in [9.17, 15) is 4.79 Å². The first kappa shape index (κ1) is 13.2. The lowest BCUT2D eigenvalue weighted by Crippen LogP contribution is -2.20. The molecule has 2 rings (SSSR count). The van der Waals surface area contributed by atoms with E-state index in [0.29, 0.717) is 30.7 Å². The van der Waals surface area contributed by atoms with E-state index in [1.165, 1.54) is 0 Å². The molecule has 0 radical (unpaired) electrons. The molecular formula is C12H17N3O2S. The summed E-state index contributed by atoms with van der Waals surface area (Å²) < 4.78 is 0. The van der Waals surface area contributed by atoms with Gasteiger partial charge in [-0.05, 0) is 32.4 Å². The molecule has 0 saturated heterocycles. The Kier molecular flexibility index (Phi) is 4.11. The molecule has 0 aliphatic heterocycles. The van der Waals surface area contributed by atoms with Crippen LogP contribution in [0.5, 0.6) is 0 Å². The fraction of sp³-hybridized carbons (Fsp3) is 0.500. The van der Waals surface area contributed by atoms with Crippen LogP contribution in [0.3, 0.4) is 0 Å². The second kappa shape index (κ2) is 5.60. The molecule has 2 aromatic rings. The van der Waals surface area contributed by atoms with Gasteiger partial charge in [0.25, 0.3) is 5.56 Å². The highest BCUT2D eigenvalue weighted by molar-refractivity contribution is 7.18. The Morgan fingerprint density at radius 3 is 2.94 bits per heavy atom. The standard InChI is InChI=1S/C12H17N3O2S/c1-7-8(2)18-12-10(7)11(17)14-9(15-12)6-13-4-3-5-16/h13,16H,3-6H2,1-2H3,(H,14,15,17). The van der Waals surface area contributed by atoms with Crippen molar-refractivity contribution in [2.45, 2.75) is 26.8 Å². The molecule has 0 bridgehead atoms. The quantitative estimate of drug-likeness (QED) is 0.708. The maximum atomic E-state index is 12.0. The number of aliphatic hydroxyl groups excluding tert-OH is 1. The molecule has 0 aliphatic carbocycles. The smallest absolute Gasteiger partial charge is 0.259 e. The van der Waals surface area contributed by atoms with Crippen LogP contribution in [0, 0.1) is 13.8 Å². The summed E-state index contributed by atoms with van der Waals surface area (Å²) in [5.41, 5.74) is 0.948. The summed E-state index contributed by atoms with van der Waals surface area (Å²) in [7, 11) is 0. The number of H-pyrrole nitrogens is 1. The number of aliphatic hydroxyl groups is 1. The van der Waals surface area contributed by atoms with Crippen LogP contribution in [0.2, 0.25) is 0 Å². The van der Waals surface area contributed by atoms with E-state index in [4.69, 9.17) is 5.11 Å². The van der Waals surface area contributed by atoms with Crippen LogP contribution < -0.4 is 10.9 Å². The summed E-state index contributed by atoms with van der Waals surface area (Å²) in [6.45, 7) is 5.34. The van der Waals surface area contributed by atoms with Crippen molar-refractivity contribution in [1.29, 1.82) is 0 Å². The maximum absolute atomic E-state index is 12.0. The summed E-state index contributed by atoms with van der Waals surface area (Å²) in [4.78, 5) is 21.1. The van der Waals surface area contributed by atoms with Gasteiger partial charge in [-0.15, -0.1) is 11.3 Å². The number of nitrogens with one attached hydrogen (secondary N) is 2. The van der Waals surface area contributed by atoms with Crippen LogP contribution in [-0.2, 0) is 6.54 Å². The Labute approximate surface area is 109 Å². The van der Waals surface area contributed by atoms with Gasteiger partial charge in [0.05, 0.1) is 11.9 Å². The van der Waals surface area contributed by atoms with Gasteiger partial charge in [0, 0.05) is 11.5 Å². The van der Waals surface area contributed by atoms with Crippen LogP contribution in [0.15, 0.2) is 4.79 Å². The molecule has 2 aromatic heterocycles. The van der Waals surface area contributed by atoms with E-state index in [1.54, 1.807) is 11.3 Å². The van der Waals surface area contributed by atoms with Gasteiger partial charge >= 0.3 is 0 Å². The molecule has 98 valence electrons. The molecule has 0 unspecified atom stereocenters. The van der Waals surface area contributed by atoms with E-state index in [-0.39, 0.29) is 12.2 Å². The predicted octanol–water partition coefficient (Wildman–Crippen LogP) is 1.07. The second-order valence-corrected chi connectivity index (χ2v) is 5.43. The van der Waals surface area contributed by atoms with Crippen molar-refractivity contribution in [2.24, 2.45) is 0 Å². The van der Waals surface area contributed by atoms with E-state index < -0.39 is 0 Å². The lowest BCUT2D eigenvalue weighted by atomic mass is 10.2. The van der Waals surface area contributed by atoms with Gasteiger partial charge in [0.1, 0.15) is 10.7 Å². The Balaban J connectivity index is 2.24. The Morgan fingerprint density at radius 2 is 2.22 bits per heavy atom. The van der Waals surface area contributed by atoms with Crippen molar-refractivity contribution < 1.29 is 5.11 Å². The zero-order valence-corrected chi connectivity index (χ0v) is 11.4. The fourth-order valence-corrected chi connectivity index (χ4v) is 2.84. The second-order valence-electron chi connectivity index (χ2n) is 4.23. The molecule has 3 N–H and O–H groups in total. The van der Waals surface area contributed by atoms with Crippen LogP contribution >= 0.6 is 11.3 Å². The molecule has 0 saturated carbocycles. The van der Waals surface area contributed by atoms with E-state index in [1.807, 2.05) is 13.8 Å². The van der Waals surface area contributed by atoms with Crippen molar-refractivity contribution >= 4 is 21.6 Å². The Hall–Kier alpha value is -1.24. The minimum Gasteiger partial charge on any atom is -0.396 e. The molecule has 0 aromatic carbocycles. The van der Waals surface area contributed by atoms with Gasteiger partial charge in [-0.2, -0.15) is 0 Å². The topological polar surface area (TPSA) is 78.0 Å². The summed E-state index contributed by atoms with van der Waals surface area (Å²) in [6, 6.07) is 0. The van der Waals surface area contributed by atoms with Crippen LogP contribution in [0.4, 0.5) is 0 Å². The van der Waals surface area contributed by atoms with Crippen molar-refractivity contribution in [3.05, 3.63) is 26.6 Å². The summed E-state index contributed by atoms with van der Waals surface area (Å²) >= 11 is 1.55. The molecule has 0 spiro atoms. The van der Waals surface area contributed by atoms with Crippen LogP contribution in [0.1, 0.15) is 22.7 Å². The molecule has 0 amide bonds. The molecule has 0 atom stereocenters. The summed E-state index contributed by atoms with van der Waals surface area (Å²) in [5.74, 6) is 0.645. The van der Waals surface area contributed by atoms with Gasteiger partial charge in [-0.1, -0.05) is 0 Å². The van der Waals surface area contributed by atoms with Gasteiger partial charge in [0.2, 0.25) is 0 Å². The largest absolute Gasteiger partial charge is 0.396 e. The average Bonchev–Trinajstić information content (AvgIpc) is 2.61. The highest BCUT2D eigenvalue weighted by atomic mass is 32.1.